The molecule has 1 aliphatic heterocycles. The van der Waals surface area contributed by atoms with Gasteiger partial charge in [-0.15, -0.1) is 0 Å². The number of nitrogen functional groups attached to an aromatic ring is 1. The lowest BCUT2D eigenvalue weighted by Gasteiger charge is -2.24. The first-order valence-electron chi connectivity index (χ1n) is 5.52. The highest BCUT2D eigenvalue weighted by molar-refractivity contribution is 8.00. The van der Waals surface area contributed by atoms with E-state index in [2.05, 4.69) is 12.2 Å². The van der Waals surface area contributed by atoms with Crippen molar-refractivity contribution in [3.05, 3.63) is 24.0 Å². The summed E-state index contributed by atoms with van der Waals surface area (Å²) in [5.74, 6) is 0.946. The molecule has 3 N–H and O–H groups in total. The Kier molecular flexibility index (Phi) is 3.28. The van der Waals surface area contributed by atoms with E-state index in [0.29, 0.717) is 10.4 Å². The van der Waals surface area contributed by atoms with Crippen LogP contribution in [0.2, 0.25) is 0 Å². The zero-order valence-electron chi connectivity index (χ0n) is 9.42. The van der Waals surface area contributed by atoms with Crippen molar-refractivity contribution in [2.24, 2.45) is 0 Å². The molecule has 1 fully saturated rings. The lowest BCUT2D eigenvalue weighted by atomic mass is 10.1. The van der Waals surface area contributed by atoms with Crippen LogP contribution in [0.25, 0.3) is 0 Å². The second-order valence-electron chi connectivity index (χ2n) is 4.49. The largest absolute Gasteiger partial charge is 0.397 e. The number of benzene rings is 1. The van der Waals surface area contributed by atoms with Crippen molar-refractivity contribution in [2.45, 2.75) is 24.5 Å². The van der Waals surface area contributed by atoms with Crippen LogP contribution in [0.4, 0.5) is 15.8 Å². The molecule has 2 nitrogen and oxygen atoms in total. The molecule has 4 heteroatoms. The average Bonchev–Trinajstić information content (AvgIpc) is 2.64. The first-order valence-corrected chi connectivity index (χ1v) is 6.50. The van der Waals surface area contributed by atoms with Crippen molar-refractivity contribution in [3.8, 4) is 0 Å². The predicted octanol–water partition coefficient (Wildman–Crippen LogP) is 3.11. The molecule has 1 aliphatic rings. The molecule has 2 rings (SSSR count). The van der Waals surface area contributed by atoms with Gasteiger partial charge in [-0.3, -0.25) is 0 Å². The van der Waals surface area contributed by atoms with Crippen LogP contribution in [0, 0.1) is 5.82 Å². The summed E-state index contributed by atoms with van der Waals surface area (Å²) in [4.78, 5) is 0. The topological polar surface area (TPSA) is 38.0 Å². The quantitative estimate of drug-likeness (QED) is 0.797. The van der Waals surface area contributed by atoms with E-state index in [1.54, 1.807) is 6.07 Å². The average molecular weight is 240 g/mol. The van der Waals surface area contributed by atoms with Crippen molar-refractivity contribution in [2.75, 3.05) is 23.3 Å². The van der Waals surface area contributed by atoms with Crippen molar-refractivity contribution >= 4 is 23.1 Å². The molecule has 0 aliphatic carbocycles. The van der Waals surface area contributed by atoms with Gasteiger partial charge in [0.2, 0.25) is 0 Å². The first-order chi connectivity index (χ1) is 7.59. The van der Waals surface area contributed by atoms with Gasteiger partial charge in [0.25, 0.3) is 0 Å². The number of halogens is 1. The Bertz CT molecular complexity index is 375. The molecule has 88 valence electrons. The molecule has 0 amide bonds. The summed E-state index contributed by atoms with van der Waals surface area (Å²) < 4.78 is 13.1. The molecule has 0 aromatic heterocycles. The predicted molar refractivity (Wildman–Crippen MR) is 69.4 cm³/mol. The summed E-state index contributed by atoms with van der Waals surface area (Å²) in [6.07, 6.45) is 2.51. The first kappa shape index (κ1) is 11.6. The number of nitrogens with one attached hydrogen (secondary N) is 1. The number of rotatable bonds is 3. The Labute approximate surface area is 99.8 Å². The fraction of sp³-hybridized carbons (Fsp3) is 0.500. The summed E-state index contributed by atoms with van der Waals surface area (Å²) in [6, 6.07) is 4.49. The maximum absolute atomic E-state index is 12.9. The standard InChI is InChI=1S/C12H17FN2S/c1-12(5-2-6-16-12)8-15-11-4-3-9(13)7-10(11)14/h3-4,7,15H,2,5-6,8,14H2,1H3. The van der Waals surface area contributed by atoms with Crippen LogP contribution in [0.5, 0.6) is 0 Å². The van der Waals surface area contributed by atoms with Crippen LogP contribution in [-0.4, -0.2) is 17.0 Å². The second-order valence-corrected chi connectivity index (χ2v) is 6.17. The Morgan fingerprint density at radius 3 is 3.00 bits per heavy atom. The Hall–Kier alpha value is -0.900. The summed E-state index contributed by atoms with van der Waals surface area (Å²) in [6.45, 7) is 3.14. The van der Waals surface area contributed by atoms with Gasteiger partial charge in [-0.25, -0.2) is 4.39 Å². The lowest BCUT2D eigenvalue weighted by Crippen LogP contribution is -2.27. The van der Waals surface area contributed by atoms with Gasteiger partial charge in [0.15, 0.2) is 0 Å². The van der Waals surface area contributed by atoms with Gasteiger partial charge in [-0.05, 0) is 43.7 Å². The molecule has 0 spiro atoms. The number of hydrogen-bond donors (Lipinski definition) is 2. The second kappa shape index (κ2) is 4.53. The number of hydrogen-bond acceptors (Lipinski definition) is 3. The van der Waals surface area contributed by atoms with E-state index >= 15 is 0 Å². The molecule has 16 heavy (non-hydrogen) atoms. The number of nitrogens with two attached hydrogens (primary N) is 1. The van der Waals surface area contributed by atoms with Crippen LogP contribution in [0.15, 0.2) is 18.2 Å². The molecule has 1 aromatic carbocycles. The van der Waals surface area contributed by atoms with Crippen LogP contribution in [0.3, 0.4) is 0 Å². The summed E-state index contributed by atoms with van der Waals surface area (Å²) in [7, 11) is 0. The third-order valence-corrected chi connectivity index (χ3v) is 4.51. The SMILES string of the molecule is CC1(CNc2ccc(F)cc2N)CCCS1. The van der Waals surface area contributed by atoms with Crippen LogP contribution >= 0.6 is 11.8 Å². The summed E-state index contributed by atoms with van der Waals surface area (Å²) >= 11 is 2.00. The fourth-order valence-electron chi connectivity index (χ4n) is 1.95. The van der Waals surface area contributed by atoms with Crippen molar-refractivity contribution in [1.29, 1.82) is 0 Å². The van der Waals surface area contributed by atoms with Gasteiger partial charge in [0.05, 0.1) is 11.4 Å². The zero-order chi connectivity index (χ0) is 11.6. The van der Waals surface area contributed by atoms with Gasteiger partial charge in [-0.2, -0.15) is 11.8 Å². The molecule has 1 aromatic rings. The maximum atomic E-state index is 12.9. The monoisotopic (exact) mass is 240 g/mol. The number of thioether (sulfide) groups is 1. The third-order valence-electron chi connectivity index (χ3n) is 2.97. The van der Waals surface area contributed by atoms with E-state index in [1.165, 1.54) is 30.7 Å². The smallest absolute Gasteiger partial charge is 0.125 e. The van der Waals surface area contributed by atoms with E-state index in [9.17, 15) is 4.39 Å². The highest BCUT2D eigenvalue weighted by atomic mass is 32.2. The van der Waals surface area contributed by atoms with Crippen LogP contribution in [-0.2, 0) is 0 Å². The van der Waals surface area contributed by atoms with Crippen molar-refractivity contribution < 1.29 is 4.39 Å². The molecular weight excluding hydrogens is 223 g/mol. The minimum atomic E-state index is -0.287. The summed E-state index contributed by atoms with van der Waals surface area (Å²) in [5, 5.41) is 3.31. The van der Waals surface area contributed by atoms with Gasteiger partial charge < -0.3 is 11.1 Å². The van der Waals surface area contributed by atoms with Gasteiger partial charge in [-0.1, -0.05) is 0 Å². The Morgan fingerprint density at radius 1 is 1.56 bits per heavy atom. The van der Waals surface area contributed by atoms with E-state index in [-0.39, 0.29) is 5.82 Å². The minimum absolute atomic E-state index is 0.287. The van der Waals surface area contributed by atoms with Crippen molar-refractivity contribution in [1.82, 2.24) is 0 Å². The molecule has 1 atom stereocenters. The van der Waals surface area contributed by atoms with Gasteiger partial charge in [0, 0.05) is 11.3 Å². The van der Waals surface area contributed by atoms with Gasteiger partial charge >= 0.3 is 0 Å². The molecule has 0 bridgehead atoms. The number of anilines is 2. The molecule has 1 heterocycles. The molecule has 0 saturated carbocycles. The van der Waals surface area contributed by atoms with E-state index in [1.807, 2.05) is 11.8 Å². The van der Waals surface area contributed by atoms with Gasteiger partial charge in [0.1, 0.15) is 5.82 Å². The maximum Gasteiger partial charge on any atom is 0.125 e. The Balaban J connectivity index is 1.99. The van der Waals surface area contributed by atoms with E-state index < -0.39 is 0 Å². The third kappa shape index (κ3) is 2.61. The lowest BCUT2D eigenvalue weighted by molar-refractivity contribution is 0.627. The normalized spacial score (nSPS) is 24.6. The molecule has 1 saturated heterocycles. The minimum Gasteiger partial charge on any atom is -0.397 e. The molecular formula is C12H17FN2S. The van der Waals surface area contributed by atoms with E-state index in [4.69, 9.17) is 5.73 Å². The zero-order valence-corrected chi connectivity index (χ0v) is 10.2. The summed E-state index contributed by atoms with van der Waals surface area (Å²) in [5.41, 5.74) is 7.05. The van der Waals surface area contributed by atoms with Crippen molar-refractivity contribution in [3.63, 3.8) is 0 Å². The van der Waals surface area contributed by atoms with E-state index in [0.717, 1.165) is 12.2 Å². The molecule has 0 radical (unpaired) electrons. The fourth-order valence-corrected chi connectivity index (χ4v) is 3.20. The Morgan fingerprint density at radius 2 is 2.38 bits per heavy atom. The van der Waals surface area contributed by atoms with Crippen LogP contribution < -0.4 is 11.1 Å². The highest BCUT2D eigenvalue weighted by Gasteiger charge is 2.29. The van der Waals surface area contributed by atoms with Crippen LogP contribution in [0.1, 0.15) is 19.8 Å². The molecule has 1 unspecified atom stereocenters. The highest BCUT2D eigenvalue weighted by Crippen LogP contribution is 2.38.